The number of fused-ring (bicyclic) bond motifs is 1. The molecule has 4 heteroatoms. The maximum absolute atomic E-state index is 4.83. The first-order valence-corrected chi connectivity index (χ1v) is 8.70. The van der Waals surface area contributed by atoms with E-state index in [9.17, 15) is 0 Å². The Balaban J connectivity index is 1.88. The second kappa shape index (κ2) is 6.27. The Morgan fingerprint density at radius 1 is 1.35 bits per heavy atom. The van der Waals surface area contributed by atoms with Crippen molar-refractivity contribution in [3.8, 4) is 0 Å². The summed E-state index contributed by atoms with van der Waals surface area (Å²) in [6, 6.07) is 9.36. The number of aryl methyl sites for hydroxylation is 1. The van der Waals surface area contributed by atoms with Crippen LogP contribution < -0.4 is 0 Å². The fraction of sp³-hybridized carbons (Fsp3) is 0.562. The van der Waals surface area contributed by atoms with Gasteiger partial charge in [-0.1, -0.05) is 40.5 Å². The van der Waals surface area contributed by atoms with Crippen LogP contribution >= 0.6 is 15.9 Å². The van der Waals surface area contributed by atoms with Gasteiger partial charge >= 0.3 is 0 Å². The van der Waals surface area contributed by atoms with Crippen molar-refractivity contribution in [2.45, 2.75) is 45.3 Å². The van der Waals surface area contributed by atoms with Gasteiger partial charge in [-0.2, -0.15) is 5.10 Å². The van der Waals surface area contributed by atoms with Crippen molar-refractivity contribution in [1.29, 1.82) is 0 Å². The molecule has 1 fully saturated rings. The van der Waals surface area contributed by atoms with E-state index in [2.05, 4.69) is 56.7 Å². The van der Waals surface area contributed by atoms with E-state index in [1.165, 1.54) is 35.9 Å². The Hall–Kier alpha value is -0.870. The second-order valence-electron chi connectivity index (χ2n) is 5.52. The molecule has 1 aromatic heterocycles. The van der Waals surface area contributed by atoms with Crippen LogP contribution in [-0.4, -0.2) is 32.6 Å². The van der Waals surface area contributed by atoms with Crippen molar-refractivity contribution in [2.24, 2.45) is 0 Å². The van der Waals surface area contributed by atoms with Gasteiger partial charge in [0.15, 0.2) is 0 Å². The maximum Gasteiger partial charge on any atom is 0.0843 e. The van der Waals surface area contributed by atoms with E-state index >= 15 is 0 Å². The number of aromatic nitrogens is 2. The quantitative estimate of drug-likeness (QED) is 0.748. The highest BCUT2D eigenvalue weighted by Gasteiger charge is 2.25. The van der Waals surface area contributed by atoms with E-state index in [-0.39, 0.29) is 0 Å². The predicted molar refractivity (Wildman–Crippen MR) is 87.3 cm³/mol. The van der Waals surface area contributed by atoms with Crippen molar-refractivity contribution in [2.75, 3.05) is 11.9 Å². The fourth-order valence-corrected chi connectivity index (χ4v) is 3.45. The highest BCUT2D eigenvalue weighted by atomic mass is 79.9. The van der Waals surface area contributed by atoms with Crippen LogP contribution in [0.1, 0.15) is 31.9 Å². The molecule has 0 bridgehead atoms. The van der Waals surface area contributed by atoms with Gasteiger partial charge in [0.2, 0.25) is 0 Å². The smallest absolute Gasteiger partial charge is 0.0843 e. The number of hydrogen-bond donors (Lipinski definition) is 0. The summed E-state index contributed by atoms with van der Waals surface area (Å²) in [6.07, 6.45) is 4.08. The lowest BCUT2D eigenvalue weighted by atomic mass is 9.91. The molecule has 0 atom stereocenters. The number of benzene rings is 1. The van der Waals surface area contributed by atoms with Gasteiger partial charge in [0.1, 0.15) is 0 Å². The van der Waals surface area contributed by atoms with Crippen molar-refractivity contribution in [1.82, 2.24) is 14.7 Å². The third-order valence-electron chi connectivity index (χ3n) is 4.35. The molecular weight excluding hydrogens is 314 g/mol. The van der Waals surface area contributed by atoms with E-state index in [1.54, 1.807) is 0 Å². The lowest BCUT2D eigenvalue weighted by molar-refractivity contribution is 0.127. The van der Waals surface area contributed by atoms with Crippen LogP contribution in [0.15, 0.2) is 24.3 Å². The third kappa shape index (κ3) is 2.63. The van der Waals surface area contributed by atoms with Crippen LogP contribution in [0.25, 0.3) is 10.9 Å². The minimum atomic E-state index is 0.762. The average molecular weight is 336 g/mol. The second-order valence-corrected chi connectivity index (χ2v) is 6.32. The summed E-state index contributed by atoms with van der Waals surface area (Å²) in [5, 5.41) is 7.18. The standard InChI is InChI=1S/C16H22BrN3/c1-2-20-16-9-4-3-8-14(16)15(18-20)12-19(11-10-17)13-6-5-7-13/h3-4,8-9,13H,2,5-7,10-12H2,1H3. The molecule has 0 unspecified atom stereocenters. The summed E-state index contributed by atoms with van der Waals surface area (Å²) >= 11 is 3.59. The minimum Gasteiger partial charge on any atom is -0.294 e. The lowest BCUT2D eigenvalue weighted by Crippen LogP contribution is -2.40. The monoisotopic (exact) mass is 335 g/mol. The number of para-hydroxylation sites is 1. The highest BCUT2D eigenvalue weighted by molar-refractivity contribution is 9.09. The van der Waals surface area contributed by atoms with E-state index in [1.807, 2.05) is 0 Å². The molecule has 3 rings (SSSR count). The van der Waals surface area contributed by atoms with Crippen LogP contribution in [0, 0.1) is 0 Å². The van der Waals surface area contributed by atoms with Crippen LogP contribution in [-0.2, 0) is 13.1 Å². The zero-order chi connectivity index (χ0) is 13.9. The number of hydrogen-bond acceptors (Lipinski definition) is 2. The van der Waals surface area contributed by atoms with Crippen molar-refractivity contribution >= 4 is 26.8 Å². The summed E-state index contributed by atoms with van der Waals surface area (Å²) in [7, 11) is 0. The number of rotatable bonds is 6. The fourth-order valence-electron chi connectivity index (χ4n) is 3.00. The van der Waals surface area contributed by atoms with Gasteiger partial charge < -0.3 is 0 Å². The van der Waals surface area contributed by atoms with Gasteiger partial charge in [-0.3, -0.25) is 9.58 Å². The highest BCUT2D eigenvalue weighted by Crippen LogP contribution is 2.28. The van der Waals surface area contributed by atoms with Crippen molar-refractivity contribution in [3.05, 3.63) is 30.0 Å². The molecule has 0 radical (unpaired) electrons. The maximum atomic E-state index is 4.83. The molecule has 1 saturated carbocycles. The molecule has 20 heavy (non-hydrogen) atoms. The molecule has 1 aromatic carbocycles. The van der Waals surface area contributed by atoms with Crippen LogP contribution in [0.3, 0.4) is 0 Å². The molecule has 1 aliphatic carbocycles. The molecular formula is C16H22BrN3. The van der Waals surface area contributed by atoms with Crippen LogP contribution in [0.4, 0.5) is 0 Å². The molecule has 1 aliphatic rings. The SMILES string of the molecule is CCn1nc(CN(CCBr)C2CCC2)c2ccccc21. The molecule has 108 valence electrons. The molecule has 0 N–H and O–H groups in total. The molecule has 2 aromatic rings. The van der Waals surface area contributed by atoms with Crippen LogP contribution in [0.2, 0.25) is 0 Å². The van der Waals surface area contributed by atoms with Gasteiger partial charge in [0.25, 0.3) is 0 Å². The van der Waals surface area contributed by atoms with Gasteiger partial charge in [-0.15, -0.1) is 0 Å². The summed E-state index contributed by atoms with van der Waals surface area (Å²) in [4.78, 5) is 2.59. The Morgan fingerprint density at radius 3 is 2.80 bits per heavy atom. The normalized spacial score (nSPS) is 15.9. The number of nitrogens with zero attached hydrogens (tertiary/aromatic N) is 3. The van der Waals surface area contributed by atoms with Gasteiger partial charge in [0.05, 0.1) is 11.2 Å². The molecule has 0 amide bonds. The molecule has 1 heterocycles. The van der Waals surface area contributed by atoms with Crippen LogP contribution in [0.5, 0.6) is 0 Å². The molecule has 0 saturated heterocycles. The zero-order valence-corrected chi connectivity index (χ0v) is 13.6. The minimum absolute atomic E-state index is 0.762. The summed E-state index contributed by atoms with van der Waals surface area (Å²) < 4.78 is 2.12. The van der Waals surface area contributed by atoms with Crippen molar-refractivity contribution < 1.29 is 0 Å². The number of halogens is 1. The lowest BCUT2D eigenvalue weighted by Gasteiger charge is -2.36. The van der Waals surface area contributed by atoms with E-state index in [4.69, 9.17) is 5.10 Å². The van der Waals surface area contributed by atoms with E-state index in [0.29, 0.717) is 0 Å². The summed E-state index contributed by atoms with van der Waals surface area (Å²) in [6.45, 7) is 5.18. The molecule has 3 nitrogen and oxygen atoms in total. The first-order chi connectivity index (χ1) is 9.83. The molecule has 0 aliphatic heterocycles. The summed E-state index contributed by atoms with van der Waals surface area (Å²) in [5.74, 6) is 0. The predicted octanol–water partition coefficient (Wildman–Crippen LogP) is 3.81. The Labute approximate surface area is 129 Å². The largest absolute Gasteiger partial charge is 0.294 e. The van der Waals surface area contributed by atoms with Crippen molar-refractivity contribution in [3.63, 3.8) is 0 Å². The van der Waals surface area contributed by atoms with E-state index < -0.39 is 0 Å². The Bertz CT molecular complexity index is 574. The average Bonchev–Trinajstić information content (AvgIpc) is 2.76. The number of alkyl halides is 1. The first kappa shape index (κ1) is 14.1. The first-order valence-electron chi connectivity index (χ1n) is 7.58. The zero-order valence-electron chi connectivity index (χ0n) is 12.1. The summed E-state index contributed by atoms with van der Waals surface area (Å²) in [5.41, 5.74) is 2.49. The topological polar surface area (TPSA) is 21.1 Å². The van der Waals surface area contributed by atoms with E-state index in [0.717, 1.165) is 31.0 Å². The third-order valence-corrected chi connectivity index (χ3v) is 4.70. The van der Waals surface area contributed by atoms with Gasteiger partial charge in [0, 0.05) is 36.4 Å². The molecule has 0 spiro atoms. The Kier molecular flexibility index (Phi) is 4.41. The van der Waals surface area contributed by atoms with Gasteiger partial charge in [-0.05, 0) is 25.8 Å². The van der Waals surface area contributed by atoms with Gasteiger partial charge in [-0.25, -0.2) is 0 Å². The Morgan fingerprint density at radius 2 is 2.15 bits per heavy atom.